The van der Waals surface area contributed by atoms with Gasteiger partial charge in [0.2, 0.25) is 6.71 Å². The van der Waals surface area contributed by atoms with Gasteiger partial charge in [-0.3, -0.25) is 0 Å². The molecule has 0 N–H and O–H groups in total. The van der Waals surface area contributed by atoms with Crippen molar-refractivity contribution in [1.29, 1.82) is 0 Å². The predicted octanol–water partition coefficient (Wildman–Crippen LogP) is 10.2. The monoisotopic (exact) mass is 595 g/mol. The van der Waals surface area contributed by atoms with Crippen LogP contribution in [-0.4, -0.2) is 6.71 Å². The molecule has 45 heavy (non-hydrogen) atoms. The highest BCUT2D eigenvalue weighted by molar-refractivity contribution is 7.26. The lowest BCUT2D eigenvalue weighted by molar-refractivity contribution is 0.865. The van der Waals surface area contributed by atoms with Gasteiger partial charge in [-0.15, -0.1) is 11.3 Å². The quantitative estimate of drug-likeness (QED) is 0.183. The van der Waals surface area contributed by atoms with Crippen molar-refractivity contribution in [2.75, 3.05) is 4.90 Å². The Hall–Kier alpha value is -4.60. The number of rotatable bonds is 4. The van der Waals surface area contributed by atoms with Crippen molar-refractivity contribution >= 4 is 71.7 Å². The summed E-state index contributed by atoms with van der Waals surface area (Å²) in [5.41, 5.74) is 16.1. The van der Waals surface area contributed by atoms with Crippen LogP contribution in [0.1, 0.15) is 50.7 Å². The average Bonchev–Trinajstić information content (AvgIpc) is 3.61. The molecule has 0 spiro atoms. The normalized spacial score (nSPS) is 13.2. The van der Waals surface area contributed by atoms with Crippen molar-refractivity contribution in [3.63, 3.8) is 0 Å². The molecule has 0 aliphatic carbocycles. The van der Waals surface area contributed by atoms with Gasteiger partial charge in [-0.25, -0.2) is 0 Å². The zero-order chi connectivity index (χ0) is 30.4. The molecule has 0 amide bonds. The van der Waals surface area contributed by atoms with E-state index in [1.165, 1.54) is 87.0 Å². The fraction of sp³-hybridized carbons (Fsp3) is 0.143. The van der Waals surface area contributed by atoms with Gasteiger partial charge in [0.1, 0.15) is 0 Å². The van der Waals surface area contributed by atoms with Crippen LogP contribution in [0.3, 0.4) is 0 Å². The minimum absolute atomic E-state index is 0.221. The lowest BCUT2D eigenvalue weighted by Crippen LogP contribution is -2.54. The third kappa shape index (κ3) is 3.93. The molecule has 3 heterocycles. The lowest BCUT2D eigenvalue weighted by atomic mass is 9.37. The first kappa shape index (κ1) is 26.8. The number of nitrogens with zero attached hydrogens (tertiary/aromatic N) is 1. The van der Waals surface area contributed by atoms with Gasteiger partial charge in [0.25, 0.3) is 0 Å². The van der Waals surface area contributed by atoms with Crippen molar-refractivity contribution in [1.82, 2.24) is 0 Å². The molecule has 216 valence electrons. The SMILES string of the molecule is CC(C)c1cccc(N2c3cc(C(C)C)ccc3B3c4ccccc4-c4cc(-c5cccc6sc7ccccc7c56)cc2c43)c1. The first-order chi connectivity index (χ1) is 22.0. The van der Waals surface area contributed by atoms with Crippen LogP contribution < -0.4 is 21.3 Å². The fourth-order valence-corrected chi connectivity index (χ4v) is 8.91. The molecular formula is C42H34BNS. The maximum Gasteiger partial charge on any atom is 0.248 e. The summed E-state index contributed by atoms with van der Waals surface area (Å²) in [6, 6.07) is 46.2. The summed E-state index contributed by atoms with van der Waals surface area (Å²) >= 11 is 1.89. The number of hydrogen-bond acceptors (Lipinski definition) is 2. The number of thiophene rings is 1. The fourth-order valence-electron chi connectivity index (χ4n) is 7.78. The molecule has 6 aromatic carbocycles. The van der Waals surface area contributed by atoms with E-state index in [2.05, 4.69) is 154 Å². The number of hydrogen-bond donors (Lipinski definition) is 0. The Morgan fingerprint density at radius 1 is 0.556 bits per heavy atom. The molecule has 0 bridgehead atoms. The summed E-state index contributed by atoms with van der Waals surface area (Å²) in [6.45, 7) is 9.40. The van der Waals surface area contributed by atoms with Crippen LogP contribution in [0.2, 0.25) is 0 Å². The summed E-state index contributed by atoms with van der Waals surface area (Å²) in [5.74, 6) is 0.900. The largest absolute Gasteiger partial charge is 0.311 e. The minimum atomic E-state index is 0.221. The zero-order valence-electron chi connectivity index (χ0n) is 26.1. The topological polar surface area (TPSA) is 3.24 Å². The van der Waals surface area contributed by atoms with E-state index in [9.17, 15) is 0 Å². The van der Waals surface area contributed by atoms with Crippen LogP contribution in [0.4, 0.5) is 17.1 Å². The summed E-state index contributed by atoms with van der Waals surface area (Å²) in [7, 11) is 0. The molecule has 0 atom stereocenters. The van der Waals surface area contributed by atoms with Gasteiger partial charge < -0.3 is 4.90 Å². The van der Waals surface area contributed by atoms with Gasteiger partial charge in [-0.1, -0.05) is 112 Å². The second-order valence-corrected chi connectivity index (χ2v) is 14.4. The Morgan fingerprint density at radius 3 is 2.16 bits per heavy atom. The van der Waals surface area contributed by atoms with E-state index in [4.69, 9.17) is 0 Å². The second-order valence-electron chi connectivity index (χ2n) is 13.3. The molecule has 3 heteroatoms. The predicted molar refractivity (Wildman–Crippen MR) is 198 cm³/mol. The molecule has 1 aromatic heterocycles. The van der Waals surface area contributed by atoms with Crippen molar-refractivity contribution in [3.8, 4) is 22.3 Å². The third-order valence-electron chi connectivity index (χ3n) is 10.0. The van der Waals surface area contributed by atoms with Gasteiger partial charge >= 0.3 is 0 Å². The highest BCUT2D eigenvalue weighted by atomic mass is 32.1. The molecule has 0 fully saturated rings. The molecule has 0 radical (unpaired) electrons. The van der Waals surface area contributed by atoms with Gasteiger partial charge in [0.05, 0.1) is 0 Å². The molecule has 0 saturated carbocycles. The van der Waals surface area contributed by atoms with Crippen molar-refractivity contribution < 1.29 is 0 Å². The minimum Gasteiger partial charge on any atom is -0.311 e. The number of benzene rings is 6. The van der Waals surface area contributed by atoms with E-state index in [-0.39, 0.29) is 6.71 Å². The van der Waals surface area contributed by atoms with Crippen LogP contribution in [-0.2, 0) is 0 Å². The number of anilines is 3. The summed E-state index contributed by atoms with van der Waals surface area (Å²) in [5, 5.41) is 2.70. The van der Waals surface area contributed by atoms with Crippen molar-refractivity contribution in [2.45, 2.75) is 39.5 Å². The molecular weight excluding hydrogens is 561 g/mol. The van der Waals surface area contributed by atoms with Gasteiger partial charge in [-0.2, -0.15) is 0 Å². The summed E-state index contributed by atoms with van der Waals surface area (Å²) in [4.78, 5) is 2.57. The smallest absolute Gasteiger partial charge is 0.248 e. The first-order valence-electron chi connectivity index (χ1n) is 16.2. The van der Waals surface area contributed by atoms with E-state index in [0.29, 0.717) is 11.8 Å². The summed E-state index contributed by atoms with van der Waals surface area (Å²) < 4.78 is 2.68. The van der Waals surface area contributed by atoms with Crippen LogP contribution in [0.25, 0.3) is 42.4 Å². The van der Waals surface area contributed by atoms with Gasteiger partial charge in [0, 0.05) is 37.2 Å². The van der Waals surface area contributed by atoms with E-state index in [1.54, 1.807) is 0 Å². The van der Waals surface area contributed by atoms with Gasteiger partial charge in [-0.05, 0) is 98.6 Å². The van der Waals surface area contributed by atoms with E-state index < -0.39 is 0 Å². The molecule has 0 saturated heterocycles. The Bertz CT molecular complexity index is 2310. The van der Waals surface area contributed by atoms with Crippen LogP contribution in [0, 0.1) is 0 Å². The molecule has 2 aliphatic rings. The third-order valence-corrected chi connectivity index (χ3v) is 11.2. The van der Waals surface area contributed by atoms with Crippen LogP contribution in [0.15, 0.2) is 121 Å². The van der Waals surface area contributed by atoms with E-state index in [1.807, 2.05) is 11.3 Å². The Labute approximate surface area is 269 Å². The zero-order valence-corrected chi connectivity index (χ0v) is 27.0. The average molecular weight is 596 g/mol. The van der Waals surface area contributed by atoms with Gasteiger partial charge in [0.15, 0.2) is 0 Å². The molecule has 0 unspecified atom stereocenters. The maximum atomic E-state index is 2.57. The molecule has 1 nitrogen and oxygen atoms in total. The Morgan fingerprint density at radius 2 is 1.29 bits per heavy atom. The van der Waals surface area contributed by atoms with E-state index in [0.717, 1.165) is 0 Å². The highest BCUT2D eigenvalue weighted by Gasteiger charge is 2.43. The van der Waals surface area contributed by atoms with Crippen molar-refractivity contribution in [3.05, 3.63) is 132 Å². The molecule has 2 aliphatic heterocycles. The van der Waals surface area contributed by atoms with Crippen LogP contribution >= 0.6 is 11.3 Å². The summed E-state index contributed by atoms with van der Waals surface area (Å²) in [6.07, 6.45) is 0. The lowest BCUT2D eigenvalue weighted by Gasteiger charge is -2.37. The van der Waals surface area contributed by atoms with Crippen molar-refractivity contribution in [2.24, 2.45) is 0 Å². The molecule has 7 aromatic rings. The first-order valence-corrected chi connectivity index (χ1v) is 17.0. The maximum absolute atomic E-state index is 2.57. The second kappa shape index (κ2) is 9.96. The Balaban J connectivity index is 1.39. The number of fused-ring (bicyclic) bond motifs is 8. The molecule has 9 rings (SSSR count). The van der Waals surface area contributed by atoms with E-state index >= 15 is 0 Å². The highest BCUT2D eigenvalue weighted by Crippen LogP contribution is 2.46. The van der Waals surface area contributed by atoms with Crippen LogP contribution in [0.5, 0.6) is 0 Å². The Kier molecular flexibility index (Phi) is 5.92. The standard InChI is InChI=1S/C42H34BNS/c1-25(2)27-11-9-12-30(21-27)44-37-23-28(26(3)4)19-20-36(37)43-35-16-7-5-13-32(35)34-22-29(24-38(44)42(34)43)31-15-10-18-40-41(31)33-14-6-8-17-39(33)45-40/h5-26H,1-4H3.